The van der Waals surface area contributed by atoms with Crippen molar-refractivity contribution >= 4 is 40.4 Å². The first-order chi connectivity index (χ1) is 10.7. The smallest absolute Gasteiger partial charge is 0.243 e. The molecule has 0 aliphatic rings. The van der Waals surface area contributed by atoms with Gasteiger partial charge in [0.2, 0.25) is 16.9 Å². The number of nitrogens with one attached hydrogen (secondary N) is 2. The third kappa shape index (κ3) is 5.08. The fraction of sp³-hybridized carbons (Fsp3) is 0.143. The molecule has 0 fully saturated rings. The number of anilines is 1. The van der Waals surface area contributed by atoms with Gasteiger partial charge in [0.25, 0.3) is 0 Å². The summed E-state index contributed by atoms with van der Waals surface area (Å²) in [6.45, 7) is 0. The van der Waals surface area contributed by atoms with Gasteiger partial charge >= 0.3 is 0 Å². The Labute approximate surface area is 130 Å². The lowest BCUT2D eigenvalue weighted by Gasteiger charge is -1.99. The van der Waals surface area contributed by atoms with E-state index in [9.17, 15) is 9.59 Å². The van der Waals surface area contributed by atoms with Crippen molar-refractivity contribution in [2.45, 2.75) is 12.8 Å². The van der Waals surface area contributed by atoms with Gasteiger partial charge in [-0.2, -0.15) is 0 Å². The van der Waals surface area contributed by atoms with Gasteiger partial charge in [-0.25, -0.2) is 5.48 Å². The van der Waals surface area contributed by atoms with Crippen LogP contribution >= 0.6 is 11.3 Å². The van der Waals surface area contributed by atoms with Gasteiger partial charge in [0.05, 0.1) is 0 Å². The zero-order chi connectivity index (χ0) is 15.8. The predicted octanol–water partition coefficient (Wildman–Crippen LogP) is 1.93. The number of carbonyl (C=O) groups is 2. The molecule has 114 valence electrons. The van der Waals surface area contributed by atoms with Gasteiger partial charge in [-0.15, -0.1) is 10.2 Å². The average Bonchev–Trinajstić information content (AvgIpc) is 2.99. The van der Waals surface area contributed by atoms with Crippen LogP contribution in [0.1, 0.15) is 23.4 Å². The number of rotatable bonds is 6. The van der Waals surface area contributed by atoms with Crippen LogP contribution in [-0.4, -0.2) is 27.2 Å². The lowest BCUT2D eigenvalue weighted by Crippen LogP contribution is -2.21. The van der Waals surface area contributed by atoms with Crippen LogP contribution in [0.4, 0.5) is 5.13 Å². The lowest BCUT2D eigenvalue weighted by molar-refractivity contribution is -0.131. The Bertz CT molecular complexity index is 670. The Morgan fingerprint density at radius 3 is 2.55 bits per heavy atom. The topological polar surface area (TPSA) is 104 Å². The van der Waals surface area contributed by atoms with E-state index < -0.39 is 5.91 Å². The van der Waals surface area contributed by atoms with Crippen molar-refractivity contribution < 1.29 is 14.8 Å². The Hall–Kier alpha value is -2.58. The van der Waals surface area contributed by atoms with Crippen LogP contribution in [0, 0.1) is 0 Å². The maximum Gasteiger partial charge on any atom is 0.243 e. The van der Waals surface area contributed by atoms with Gasteiger partial charge in [-0.1, -0.05) is 47.7 Å². The van der Waals surface area contributed by atoms with Gasteiger partial charge in [-0.3, -0.25) is 14.8 Å². The van der Waals surface area contributed by atoms with Crippen molar-refractivity contribution in [1.29, 1.82) is 0 Å². The highest BCUT2D eigenvalue weighted by Crippen LogP contribution is 2.18. The van der Waals surface area contributed by atoms with Crippen LogP contribution in [0.15, 0.2) is 30.3 Å². The van der Waals surface area contributed by atoms with Crippen LogP contribution in [0.25, 0.3) is 12.2 Å². The SMILES string of the molecule is O=C(CCC(=O)Nc1nnc(C=Cc2ccccc2)s1)NO. The standard InChI is InChI=1S/C14H14N4O3S/c19-11(7-8-12(20)18-21)15-14-17-16-13(22-14)9-6-10-4-2-1-3-5-10/h1-6,9,21H,7-8H2,(H,18,20)(H,15,17,19). The van der Waals surface area contributed by atoms with E-state index >= 15 is 0 Å². The van der Waals surface area contributed by atoms with E-state index in [2.05, 4.69) is 15.5 Å². The summed E-state index contributed by atoms with van der Waals surface area (Å²) in [4.78, 5) is 22.4. The Balaban J connectivity index is 1.87. The van der Waals surface area contributed by atoms with Crippen molar-refractivity contribution in [2.75, 3.05) is 5.32 Å². The molecule has 0 saturated heterocycles. The number of amides is 2. The highest BCUT2D eigenvalue weighted by molar-refractivity contribution is 7.16. The molecule has 0 bridgehead atoms. The first-order valence-corrected chi connectivity index (χ1v) is 7.28. The highest BCUT2D eigenvalue weighted by Gasteiger charge is 2.09. The lowest BCUT2D eigenvalue weighted by atomic mass is 10.2. The van der Waals surface area contributed by atoms with Crippen LogP contribution in [-0.2, 0) is 9.59 Å². The average molecular weight is 318 g/mol. The molecule has 0 saturated carbocycles. The van der Waals surface area contributed by atoms with Crippen LogP contribution in [0.2, 0.25) is 0 Å². The van der Waals surface area contributed by atoms with E-state index in [1.165, 1.54) is 16.8 Å². The van der Waals surface area contributed by atoms with Gasteiger partial charge in [-0.05, 0) is 11.6 Å². The maximum atomic E-state index is 11.6. The third-order valence-electron chi connectivity index (χ3n) is 2.61. The van der Waals surface area contributed by atoms with Crippen LogP contribution in [0.3, 0.4) is 0 Å². The van der Waals surface area contributed by atoms with E-state index in [-0.39, 0.29) is 18.7 Å². The number of hydrogen-bond acceptors (Lipinski definition) is 6. The number of aromatic nitrogens is 2. The van der Waals surface area contributed by atoms with E-state index in [4.69, 9.17) is 5.21 Å². The van der Waals surface area contributed by atoms with Crippen molar-refractivity contribution in [3.8, 4) is 0 Å². The predicted molar refractivity (Wildman–Crippen MR) is 83.1 cm³/mol. The molecule has 0 unspecified atom stereocenters. The van der Waals surface area contributed by atoms with Gasteiger partial charge in [0.15, 0.2) is 0 Å². The van der Waals surface area contributed by atoms with E-state index in [0.29, 0.717) is 10.1 Å². The molecule has 0 aliphatic heterocycles. The summed E-state index contributed by atoms with van der Waals surface area (Å²) in [7, 11) is 0. The summed E-state index contributed by atoms with van der Waals surface area (Å²) in [6, 6.07) is 9.74. The van der Waals surface area contributed by atoms with E-state index in [1.807, 2.05) is 42.5 Å². The third-order valence-corrected chi connectivity index (χ3v) is 3.41. The molecular formula is C14H14N4O3S. The van der Waals surface area contributed by atoms with Crippen molar-refractivity contribution in [3.63, 3.8) is 0 Å². The van der Waals surface area contributed by atoms with Crippen molar-refractivity contribution in [1.82, 2.24) is 15.7 Å². The number of carbonyl (C=O) groups excluding carboxylic acids is 2. The second kappa shape index (κ2) is 8.01. The van der Waals surface area contributed by atoms with Crippen molar-refractivity contribution in [2.24, 2.45) is 0 Å². The first-order valence-electron chi connectivity index (χ1n) is 6.47. The maximum absolute atomic E-state index is 11.6. The molecule has 2 aromatic rings. The fourth-order valence-corrected chi connectivity index (χ4v) is 2.21. The second-order valence-electron chi connectivity index (χ2n) is 4.27. The largest absolute Gasteiger partial charge is 0.301 e. The minimum absolute atomic E-state index is 0.0405. The van der Waals surface area contributed by atoms with Gasteiger partial charge in [0, 0.05) is 12.8 Å². The Morgan fingerprint density at radius 1 is 1.09 bits per heavy atom. The number of hydrogen-bond donors (Lipinski definition) is 3. The summed E-state index contributed by atoms with van der Waals surface area (Å²) in [6.07, 6.45) is 3.57. The molecule has 2 rings (SSSR count). The Morgan fingerprint density at radius 2 is 1.82 bits per heavy atom. The number of benzene rings is 1. The molecule has 1 heterocycles. The van der Waals surface area contributed by atoms with E-state index in [1.54, 1.807) is 0 Å². The molecule has 7 nitrogen and oxygen atoms in total. The minimum Gasteiger partial charge on any atom is -0.301 e. The summed E-state index contributed by atoms with van der Waals surface area (Å²) < 4.78 is 0. The zero-order valence-electron chi connectivity index (χ0n) is 11.5. The number of nitrogens with zero attached hydrogens (tertiary/aromatic N) is 2. The summed E-state index contributed by atoms with van der Waals surface area (Å²) in [5.41, 5.74) is 2.51. The molecular weight excluding hydrogens is 304 g/mol. The molecule has 8 heteroatoms. The van der Waals surface area contributed by atoms with Crippen LogP contribution < -0.4 is 10.8 Å². The molecule has 0 radical (unpaired) electrons. The molecule has 0 aliphatic carbocycles. The normalized spacial score (nSPS) is 10.6. The fourth-order valence-electron chi connectivity index (χ4n) is 1.55. The number of hydroxylamine groups is 1. The summed E-state index contributed by atoms with van der Waals surface area (Å²) in [5.74, 6) is -0.975. The van der Waals surface area contributed by atoms with E-state index in [0.717, 1.165) is 5.56 Å². The first kappa shape index (κ1) is 15.8. The minimum atomic E-state index is -0.612. The van der Waals surface area contributed by atoms with Gasteiger partial charge in [0.1, 0.15) is 5.01 Å². The highest BCUT2D eigenvalue weighted by atomic mass is 32.1. The molecule has 2 amide bonds. The molecule has 22 heavy (non-hydrogen) atoms. The molecule has 0 spiro atoms. The Kier molecular flexibility index (Phi) is 5.75. The molecule has 3 N–H and O–H groups in total. The monoisotopic (exact) mass is 318 g/mol. The zero-order valence-corrected chi connectivity index (χ0v) is 12.3. The molecule has 1 aromatic heterocycles. The molecule has 1 aromatic carbocycles. The summed E-state index contributed by atoms with van der Waals surface area (Å²) >= 11 is 1.23. The molecule has 0 atom stereocenters. The van der Waals surface area contributed by atoms with Crippen LogP contribution in [0.5, 0.6) is 0 Å². The van der Waals surface area contributed by atoms with Gasteiger partial charge < -0.3 is 5.32 Å². The quantitative estimate of drug-likeness (QED) is 0.557. The second-order valence-corrected chi connectivity index (χ2v) is 5.28. The van der Waals surface area contributed by atoms with Crippen molar-refractivity contribution in [3.05, 3.63) is 40.9 Å². The summed E-state index contributed by atoms with van der Waals surface area (Å²) in [5, 5.41) is 19.7.